The topological polar surface area (TPSA) is 30.2 Å². The maximum absolute atomic E-state index is 11.8. The first-order valence-electron chi connectivity index (χ1n) is 6.61. The molecule has 3 aromatic rings. The maximum atomic E-state index is 11.8. The third-order valence-corrected chi connectivity index (χ3v) is 4.00. The molecule has 0 N–H and O–H groups in total. The van der Waals surface area contributed by atoms with Gasteiger partial charge in [-0.3, -0.25) is 0 Å². The number of hydrogen-bond donors (Lipinski definition) is 0. The molecule has 21 heavy (non-hydrogen) atoms. The second-order valence-corrected chi connectivity index (χ2v) is 5.50. The quantitative estimate of drug-likeness (QED) is 0.656. The van der Waals surface area contributed by atoms with Gasteiger partial charge in [-0.1, -0.05) is 42.5 Å². The highest BCUT2D eigenvalue weighted by molar-refractivity contribution is 7.98. The Bertz CT molecular complexity index is 789. The normalized spacial score (nSPS) is 10.5. The van der Waals surface area contributed by atoms with Gasteiger partial charge in [0, 0.05) is 16.5 Å². The van der Waals surface area contributed by atoms with Gasteiger partial charge in [0.1, 0.15) is 5.76 Å². The first kappa shape index (κ1) is 13.7. The van der Waals surface area contributed by atoms with Gasteiger partial charge >= 0.3 is 5.63 Å². The van der Waals surface area contributed by atoms with Crippen molar-refractivity contribution in [2.45, 2.75) is 4.90 Å². The van der Waals surface area contributed by atoms with Crippen molar-refractivity contribution in [2.24, 2.45) is 0 Å². The van der Waals surface area contributed by atoms with E-state index < -0.39 is 0 Å². The zero-order chi connectivity index (χ0) is 14.7. The van der Waals surface area contributed by atoms with E-state index in [2.05, 4.69) is 12.1 Å². The molecule has 2 aromatic carbocycles. The molecule has 0 aliphatic heterocycles. The number of hydrogen-bond acceptors (Lipinski definition) is 3. The van der Waals surface area contributed by atoms with E-state index in [0.29, 0.717) is 5.76 Å². The van der Waals surface area contributed by atoms with Gasteiger partial charge in [-0.05, 0) is 35.6 Å². The van der Waals surface area contributed by atoms with Crippen LogP contribution in [0.1, 0.15) is 0 Å². The van der Waals surface area contributed by atoms with Crippen LogP contribution >= 0.6 is 11.8 Å². The van der Waals surface area contributed by atoms with E-state index in [1.54, 1.807) is 11.8 Å². The molecular formula is C18H14O2S. The molecule has 0 spiro atoms. The van der Waals surface area contributed by atoms with Gasteiger partial charge in [0.25, 0.3) is 0 Å². The van der Waals surface area contributed by atoms with Crippen molar-refractivity contribution < 1.29 is 4.42 Å². The van der Waals surface area contributed by atoms with Crippen molar-refractivity contribution in [1.82, 2.24) is 0 Å². The van der Waals surface area contributed by atoms with Crippen molar-refractivity contribution in [3.05, 3.63) is 77.2 Å². The van der Waals surface area contributed by atoms with Crippen molar-refractivity contribution in [1.29, 1.82) is 0 Å². The fourth-order valence-electron chi connectivity index (χ4n) is 2.17. The van der Waals surface area contributed by atoms with Gasteiger partial charge in [-0.2, -0.15) is 0 Å². The Morgan fingerprint density at radius 1 is 0.810 bits per heavy atom. The molecular weight excluding hydrogens is 280 g/mol. The fourth-order valence-corrected chi connectivity index (χ4v) is 2.58. The molecule has 3 heteroatoms. The monoisotopic (exact) mass is 294 g/mol. The minimum atomic E-state index is -0.333. The second kappa shape index (κ2) is 6.02. The zero-order valence-corrected chi connectivity index (χ0v) is 12.4. The van der Waals surface area contributed by atoms with Crippen molar-refractivity contribution >= 4 is 11.8 Å². The zero-order valence-electron chi connectivity index (χ0n) is 11.6. The highest BCUT2D eigenvalue weighted by Crippen LogP contribution is 2.26. The lowest BCUT2D eigenvalue weighted by molar-refractivity contribution is 0.526. The van der Waals surface area contributed by atoms with Crippen LogP contribution in [0.3, 0.4) is 0 Å². The number of rotatable bonds is 3. The predicted octanol–water partition coefficient (Wildman–Crippen LogP) is 4.70. The smallest absolute Gasteiger partial charge is 0.336 e. The predicted molar refractivity (Wildman–Crippen MR) is 87.6 cm³/mol. The maximum Gasteiger partial charge on any atom is 0.336 e. The summed E-state index contributed by atoms with van der Waals surface area (Å²) in [6, 6.07) is 21.2. The first-order chi connectivity index (χ1) is 10.3. The van der Waals surface area contributed by atoms with Gasteiger partial charge in [-0.15, -0.1) is 11.8 Å². The van der Waals surface area contributed by atoms with E-state index in [1.807, 2.05) is 54.8 Å². The molecule has 0 aliphatic carbocycles. The molecule has 0 aliphatic rings. The molecule has 0 radical (unpaired) electrons. The number of thioether (sulfide) groups is 1. The molecule has 1 aromatic heterocycles. The Hall–Kier alpha value is -2.26. The summed E-state index contributed by atoms with van der Waals surface area (Å²) in [5, 5.41) is 0. The minimum Gasteiger partial charge on any atom is -0.423 e. The lowest BCUT2D eigenvalue weighted by atomic mass is 10.0. The third kappa shape index (κ3) is 3.09. The summed E-state index contributed by atoms with van der Waals surface area (Å²) in [5.74, 6) is 0.590. The van der Waals surface area contributed by atoms with Gasteiger partial charge in [-0.25, -0.2) is 4.79 Å². The average Bonchev–Trinajstić information content (AvgIpc) is 2.55. The summed E-state index contributed by atoms with van der Waals surface area (Å²) >= 11 is 1.70. The number of benzene rings is 2. The van der Waals surface area contributed by atoms with Crippen molar-refractivity contribution in [2.75, 3.05) is 6.26 Å². The van der Waals surface area contributed by atoms with Gasteiger partial charge in [0.15, 0.2) is 0 Å². The van der Waals surface area contributed by atoms with Crippen LogP contribution in [0, 0.1) is 0 Å². The van der Waals surface area contributed by atoms with E-state index in [-0.39, 0.29) is 5.63 Å². The van der Waals surface area contributed by atoms with E-state index in [0.717, 1.165) is 16.7 Å². The Morgan fingerprint density at radius 3 is 2.19 bits per heavy atom. The largest absolute Gasteiger partial charge is 0.423 e. The van der Waals surface area contributed by atoms with Crippen LogP contribution in [0.5, 0.6) is 0 Å². The molecule has 3 rings (SSSR count). The second-order valence-electron chi connectivity index (χ2n) is 4.62. The molecule has 0 unspecified atom stereocenters. The minimum absolute atomic E-state index is 0.333. The summed E-state index contributed by atoms with van der Waals surface area (Å²) in [4.78, 5) is 13.0. The van der Waals surface area contributed by atoms with Crippen LogP contribution in [-0.2, 0) is 0 Å². The first-order valence-corrected chi connectivity index (χ1v) is 7.84. The van der Waals surface area contributed by atoms with Gasteiger partial charge < -0.3 is 4.42 Å². The van der Waals surface area contributed by atoms with E-state index >= 15 is 0 Å². The van der Waals surface area contributed by atoms with E-state index in [4.69, 9.17) is 4.42 Å². The highest BCUT2D eigenvalue weighted by atomic mass is 32.2. The molecule has 0 atom stereocenters. The van der Waals surface area contributed by atoms with Crippen molar-refractivity contribution in [3.63, 3.8) is 0 Å². The van der Waals surface area contributed by atoms with Crippen molar-refractivity contribution in [3.8, 4) is 22.5 Å². The summed E-state index contributed by atoms with van der Waals surface area (Å²) < 4.78 is 5.31. The third-order valence-electron chi connectivity index (χ3n) is 3.25. The van der Waals surface area contributed by atoms with E-state index in [9.17, 15) is 4.79 Å². The molecule has 0 amide bonds. The Kier molecular flexibility index (Phi) is 3.93. The standard InChI is InChI=1S/C18H14O2S/c1-21-16-9-7-13(8-10-16)15-11-17(20-18(19)12-15)14-5-3-2-4-6-14/h2-12H,1H3. The molecule has 0 fully saturated rings. The molecule has 0 saturated heterocycles. The summed E-state index contributed by atoms with van der Waals surface area (Å²) in [6.45, 7) is 0. The lowest BCUT2D eigenvalue weighted by Gasteiger charge is -2.05. The lowest BCUT2D eigenvalue weighted by Crippen LogP contribution is -1.98. The molecule has 0 bridgehead atoms. The van der Waals surface area contributed by atoms with Crippen LogP contribution in [0.2, 0.25) is 0 Å². The van der Waals surface area contributed by atoms with Gasteiger partial charge in [0.05, 0.1) is 0 Å². The van der Waals surface area contributed by atoms with Crippen LogP contribution in [-0.4, -0.2) is 6.26 Å². The van der Waals surface area contributed by atoms with E-state index in [1.165, 1.54) is 11.0 Å². The Balaban J connectivity index is 2.07. The molecule has 0 saturated carbocycles. The summed E-state index contributed by atoms with van der Waals surface area (Å²) in [5.41, 5.74) is 2.45. The van der Waals surface area contributed by atoms with Crippen LogP contribution in [0.25, 0.3) is 22.5 Å². The van der Waals surface area contributed by atoms with Crippen LogP contribution in [0.4, 0.5) is 0 Å². The van der Waals surface area contributed by atoms with Crippen LogP contribution < -0.4 is 5.63 Å². The fraction of sp³-hybridized carbons (Fsp3) is 0.0556. The molecule has 1 heterocycles. The molecule has 2 nitrogen and oxygen atoms in total. The van der Waals surface area contributed by atoms with Gasteiger partial charge in [0.2, 0.25) is 0 Å². The average molecular weight is 294 g/mol. The molecule has 104 valence electrons. The Labute approximate surface area is 127 Å². The highest BCUT2D eigenvalue weighted by Gasteiger charge is 2.06. The Morgan fingerprint density at radius 2 is 1.52 bits per heavy atom. The van der Waals surface area contributed by atoms with Crippen LogP contribution in [0.15, 0.2) is 80.8 Å². The summed E-state index contributed by atoms with van der Waals surface area (Å²) in [6.07, 6.45) is 2.04. The summed E-state index contributed by atoms with van der Waals surface area (Å²) in [7, 11) is 0. The SMILES string of the molecule is CSc1ccc(-c2cc(-c3ccccc3)oc(=O)c2)cc1.